The van der Waals surface area contributed by atoms with Crippen LogP contribution in [0.5, 0.6) is 0 Å². The van der Waals surface area contributed by atoms with Gasteiger partial charge in [0.2, 0.25) is 0 Å². The number of aromatic nitrogens is 4. The fourth-order valence-electron chi connectivity index (χ4n) is 6.08. The average Bonchev–Trinajstić information content (AvgIpc) is 3.68. The maximum absolute atomic E-state index is 13.6. The number of rotatable bonds is 10. The Morgan fingerprint density at radius 3 is 1.40 bits per heavy atom. The van der Waals surface area contributed by atoms with Crippen molar-refractivity contribution in [2.75, 3.05) is 19.8 Å². The van der Waals surface area contributed by atoms with E-state index in [1.807, 2.05) is 48.5 Å². The zero-order valence-electron chi connectivity index (χ0n) is 25.6. The molecule has 2 aliphatic heterocycles. The van der Waals surface area contributed by atoms with Crippen molar-refractivity contribution in [2.45, 2.75) is 64.1 Å². The van der Waals surface area contributed by atoms with E-state index in [2.05, 4.69) is 9.97 Å². The molecule has 2 N–H and O–H groups in total. The number of hydrogen-bond donors (Lipinski definition) is 2. The van der Waals surface area contributed by atoms with Gasteiger partial charge < -0.3 is 19.3 Å². The molecule has 14 heteroatoms. The van der Waals surface area contributed by atoms with Crippen LogP contribution in [0.3, 0.4) is 0 Å². The van der Waals surface area contributed by atoms with Crippen molar-refractivity contribution in [3.8, 4) is 0 Å². The zero-order valence-corrected chi connectivity index (χ0v) is 25.6. The minimum absolute atomic E-state index is 0.107. The Hall–Kier alpha value is -4.82. The van der Waals surface area contributed by atoms with Crippen LogP contribution in [0.4, 0.5) is 9.59 Å². The monoisotopic (exact) mass is 616 g/mol. The van der Waals surface area contributed by atoms with Gasteiger partial charge in [-0.25, -0.2) is 19.6 Å². The van der Waals surface area contributed by atoms with Crippen LogP contribution in [0.1, 0.15) is 27.7 Å². The molecule has 2 fully saturated rings. The van der Waals surface area contributed by atoms with Crippen molar-refractivity contribution in [1.29, 1.82) is 0 Å². The lowest BCUT2D eigenvalue weighted by molar-refractivity contribution is -0.134. The molecule has 2 aliphatic rings. The number of para-hydroxylation sites is 4. The second kappa shape index (κ2) is 11.0. The summed E-state index contributed by atoms with van der Waals surface area (Å²) in [4.78, 5) is 67.2. The van der Waals surface area contributed by atoms with Crippen LogP contribution in [0.2, 0.25) is 0 Å². The van der Waals surface area contributed by atoms with Gasteiger partial charge in [-0.1, -0.05) is 24.3 Å². The van der Waals surface area contributed by atoms with Gasteiger partial charge in [0.05, 0.1) is 73.1 Å². The summed E-state index contributed by atoms with van der Waals surface area (Å²) in [6.45, 7) is 5.61. The standard InChI is InChI=1S/C31H36N8O6/c1-30(2)26(42)36(15-20(40)13-34-17-32-22-9-5-7-11-24(22)34)28(44)38(30)19-39-29(45)37(27(43)31(39,3)4)16-21(41)14-35-18-33-23-10-6-8-12-25(23)35/h5-12,17-18,20-21,40-41H,13-16,19H2,1-4H3. The van der Waals surface area contributed by atoms with Gasteiger partial charge in [0.1, 0.15) is 17.7 Å². The number of nitrogens with zero attached hydrogens (tertiary/aromatic N) is 8. The molecule has 2 aromatic carbocycles. The summed E-state index contributed by atoms with van der Waals surface area (Å²) in [5.41, 5.74) is 0.431. The lowest BCUT2D eigenvalue weighted by atomic mass is 10.0. The first-order chi connectivity index (χ1) is 21.3. The molecule has 2 unspecified atom stereocenters. The van der Waals surface area contributed by atoms with Crippen molar-refractivity contribution in [3.63, 3.8) is 0 Å². The van der Waals surface area contributed by atoms with Crippen LogP contribution < -0.4 is 0 Å². The van der Waals surface area contributed by atoms with E-state index in [1.165, 1.54) is 9.80 Å². The van der Waals surface area contributed by atoms with E-state index in [9.17, 15) is 29.4 Å². The summed E-state index contributed by atoms with van der Waals surface area (Å²) in [5.74, 6) is -1.06. The quantitative estimate of drug-likeness (QED) is 0.256. The molecule has 0 saturated carbocycles. The zero-order chi connectivity index (χ0) is 32.3. The molecule has 2 aromatic heterocycles. The third kappa shape index (κ3) is 5.09. The number of aliphatic hydroxyl groups is 2. The molecule has 0 radical (unpaired) electrons. The van der Waals surface area contributed by atoms with E-state index < -0.39 is 47.2 Å². The van der Waals surface area contributed by atoms with Gasteiger partial charge in [0.25, 0.3) is 11.8 Å². The Balaban J connectivity index is 1.14. The van der Waals surface area contributed by atoms with E-state index in [-0.39, 0.29) is 32.8 Å². The minimum atomic E-state index is -1.35. The Morgan fingerprint density at radius 1 is 0.622 bits per heavy atom. The minimum Gasteiger partial charge on any atom is -0.389 e. The number of hydrogen-bond acceptors (Lipinski definition) is 8. The first-order valence-corrected chi connectivity index (χ1v) is 14.7. The summed E-state index contributed by atoms with van der Waals surface area (Å²) in [6.07, 6.45) is 1.02. The largest absolute Gasteiger partial charge is 0.389 e. The lowest BCUT2D eigenvalue weighted by Gasteiger charge is -2.36. The van der Waals surface area contributed by atoms with Crippen LogP contribution in [0.15, 0.2) is 61.2 Å². The number of carbonyl (C=O) groups is 4. The molecule has 4 heterocycles. The van der Waals surface area contributed by atoms with Crippen LogP contribution in [-0.2, 0) is 22.7 Å². The molecule has 0 aliphatic carbocycles. The summed E-state index contributed by atoms with van der Waals surface area (Å²) in [6, 6.07) is 13.5. The average molecular weight is 617 g/mol. The van der Waals surface area contributed by atoms with E-state index in [4.69, 9.17) is 0 Å². The number of fused-ring (bicyclic) bond motifs is 2. The van der Waals surface area contributed by atoms with Crippen LogP contribution in [-0.4, -0.2) is 116 Å². The predicted molar refractivity (Wildman–Crippen MR) is 162 cm³/mol. The highest BCUT2D eigenvalue weighted by molar-refractivity contribution is 6.08. The number of urea groups is 2. The van der Waals surface area contributed by atoms with Crippen molar-refractivity contribution in [3.05, 3.63) is 61.2 Å². The third-order valence-electron chi connectivity index (χ3n) is 8.75. The number of β-amino-alcohol motifs (C(OH)–C–C–N with tert-alkyl or cyclic N) is 2. The molecule has 6 amide bonds. The number of benzene rings is 2. The number of amides is 6. The van der Waals surface area contributed by atoms with E-state index in [0.717, 1.165) is 31.9 Å². The van der Waals surface area contributed by atoms with Gasteiger partial charge in [-0.2, -0.15) is 0 Å². The molecular weight excluding hydrogens is 580 g/mol. The Labute approximate surface area is 259 Å². The van der Waals surface area contributed by atoms with Gasteiger partial charge in [0, 0.05) is 0 Å². The van der Waals surface area contributed by atoms with Crippen LogP contribution in [0, 0.1) is 0 Å². The molecule has 14 nitrogen and oxygen atoms in total. The van der Waals surface area contributed by atoms with Crippen molar-refractivity contribution in [2.24, 2.45) is 0 Å². The van der Waals surface area contributed by atoms with Gasteiger partial charge in [-0.05, 0) is 52.0 Å². The number of aliphatic hydroxyl groups excluding tert-OH is 2. The van der Waals surface area contributed by atoms with Gasteiger partial charge in [0.15, 0.2) is 0 Å². The second-order valence-electron chi connectivity index (χ2n) is 12.6. The molecule has 2 atom stereocenters. The van der Waals surface area contributed by atoms with Crippen molar-refractivity contribution < 1.29 is 29.4 Å². The van der Waals surface area contributed by atoms with E-state index in [1.54, 1.807) is 49.5 Å². The smallest absolute Gasteiger partial charge is 0.329 e. The summed E-state index contributed by atoms with van der Waals surface area (Å²) in [5, 5.41) is 21.8. The fourth-order valence-corrected chi connectivity index (χ4v) is 6.08. The first kappa shape index (κ1) is 30.2. The van der Waals surface area contributed by atoms with E-state index >= 15 is 0 Å². The molecule has 2 saturated heterocycles. The predicted octanol–water partition coefficient (Wildman–Crippen LogP) is 1.85. The molecular formula is C31H36N8O6. The third-order valence-corrected chi connectivity index (χ3v) is 8.75. The number of imide groups is 2. The highest BCUT2D eigenvalue weighted by atomic mass is 16.3. The topological polar surface area (TPSA) is 157 Å². The van der Waals surface area contributed by atoms with Crippen LogP contribution >= 0.6 is 0 Å². The maximum Gasteiger partial charge on any atom is 0.329 e. The van der Waals surface area contributed by atoms with Crippen molar-refractivity contribution in [1.82, 2.24) is 38.7 Å². The molecule has 0 spiro atoms. The molecule has 45 heavy (non-hydrogen) atoms. The Morgan fingerprint density at radius 2 is 1.00 bits per heavy atom. The van der Waals surface area contributed by atoms with Crippen molar-refractivity contribution >= 4 is 45.9 Å². The molecule has 4 aromatic rings. The summed E-state index contributed by atoms with van der Waals surface area (Å²) >= 11 is 0. The number of carbonyl (C=O) groups excluding carboxylic acids is 4. The fraction of sp³-hybridized carbons (Fsp3) is 0.419. The Bertz CT molecular complexity index is 1680. The van der Waals surface area contributed by atoms with E-state index in [0.29, 0.717) is 0 Å². The molecule has 6 rings (SSSR count). The summed E-state index contributed by atoms with van der Waals surface area (Å²) < 4.78 is 3.51. The normalized spacial score (nSPS) is 19.5. The maximum atomic E-state index is 13.6. The SMILES string of the molecule is CC1(C)C(=O)N(CC(O)Cn2cnc3ccccc32)C(=O)N1CN1C(=O)N(CC(O)Cn2cnc3ccccc32)C(=O)C1(C)C. The molecule has 0 bridgehead atoms. The van der Waals surface area contributed by atoms with Gasteiger partial charge >= 0.3 is 12.1 Å². The lowest BCUT2D eigenvalue weighted by Crippen LogP contribution is -2.55. The highest BCUT2D eigenvalue weighted by Crippen LogP contribution is 2.33. The summed E-state index contributed by atoms with van der Waals surface area (Å²) in [7, 11) is 0. The van der Waals surface area contributed by atoms with Gasteiger partial charge in [-0.15, -0.1) is 0 Å². The second-order valence-corrected chi connectivity index (χ2v) is 12.6. The highest BCUT2D eigenvalue weighted by Gasteiger charge is 2.57. The number of imidazole rings is 2. The molecule has 236 valence electrons. The first-order valence-electron chi connectivity index (χ1n) is 14.7. The van der Waals surface area contributed by atoms with Gasteiger partial charge in [-0.3, -0.25) is 29.2 Å². The Kier molecular flexibility index (Phi) is 7.36. The van der Waals surface area contributed by atoms with Crippen LogP contribution in [0.25, 0.3) is 22.1 Å².